The van der Waals surface area contributed by atoms with Gasteiger partial charge in [-0.3, -0.25) is 4.79 Å². The summed E-state index contributed by atoms with van der Waals surface area (Å²) in [5, 5.41) is 2.76. The van der Waals surface area contributed by atoms with Gasteiger partial charge in [-0.25, -0.2) is 4.79 Å². The molecule has 8 nitrogen and oxygen atoms in total. The molecule has 3 aromatic carbocycles. The minimum Gasteiger partial charge on any atom is -0.496 e. The van der Waals surface area contributed by atoms with E-state index in [2.05, 4.69) is 36.5 Å². The zero-order valence-electron chi connectivity index (χ0n) is 23.9. The number of likely N-dealkylation sites (N-methyl/N-ethyl adjacent to an activating group) is 1. The van der Waals surface area contributed by atoms with Gasteiger partial charge in [0, 0.05) is 43.9 Å². The van der Waals surface area contributed by atoms with Crippen molar-refractivity contribution in [3.05, 3.63) is 89.5 Å². The van der Waals surface area contributed by atoms with Gasteiger partial charge in [-0.1, -0.05) is 48.5 Å². The lowest BCUT2D eigenvalue weighted by Crippen LogP contribution is -2.32. The third kappa shape index (κ3) is 8.61. The molecular weight excluding hydrogens is 508 g/mol. The number of amides is 1. The predicted octanol–water partition coefficient (Wildman–Crippen LogP) is 4.93. The number of nitrogens with zero attached hydrogens (tertiary/aromatic N) is 1. The molecule has 0 aliphatic carbocycles. The summed E-state index contributed by atoms with van der Waals surface area (Å²) < 4.78 is 22.3. The van der Waals surface area contributed by atoms with E-state index in [1.807, 2.05) is 48.3 Å². The fourth-order valence-corrected chi connectivity index (χ4v) is 4.24. The van der Waals surface area contributed by atoms with E-state index in [1.165, 1.54) is 22.8 Å². The highest BCUT2D eigenvalue weighted by Crippen LogP contribution is 2.35. The molecular formula is C32H38N2O6. The summed E-state index contributed by atoms with van der Waals surface area (Å²) >= 11 is 0. The Morgan fingerprint density at radius 3 is 2.30 bits per heavy atom. The number of ether oxygens (including phenoxy) is 4. The lowest BCUT2D eigenvalue weighted by Gasteiger charge is -2.21. The van der Waals surface area contributed by atoms with Crippen molar-refractivity contribution in [3.8, 4) is 28.4 Å². The number of carbonyl (C=O) groups is 2. The van der Waals surface area contributed by atoms with Crippen LogP contribution in [0.15, 0.2) is 72.8 Å². The Morgan fingerprint density at radius 1 is 0.950 bits per heavy atom. The molecule has 0 bridgehead atoms. The van der Waals surface area contributed by atoms with E-state index in [4.69, 9.17) is 18.9 Å². The van der Waals surface area contributed by atoms with Crippen molar-refractivity contribution >= 4 is 11.9 Å². The molecule has 0 unspecified atom stereocenters. The molecule has 0 saturated carbocycles. The standard InChI is InChI=1S/C32H38N2O6/c1-6-39-32(36)16-15-31(35)33-17-18-34(3)21-28-29(37-4)19-26(20-30(28)38-5)40-22-25-13-10-14-27(23(25)2)24-11-8-7-9-12-24/h7-16,19-20H,6,17-18,21-22H2,1-5H3,(H,33,35)/b16-15+. The third-order valence-corrected chi connectivity index (χ3v) is 6.38. The smallest absolute Gasteiger partial charge is 0.330 e. The average Bonchev–Trinajstić information content (AvgIpc) is 2.96. The maximum atomic E-state index is 11.9. The minimum absolute atomic E-state index is 0.262. The summed E-state index contributed by atoms with van der Waals surface area (Å²) in [6.45, 7) is 5.98. The maximum Gasteiger partial charge on any atom is 0.330 e. The predicted molar refractivity (Wildman–Crippen MR) is 156 cm³/mol. The molecule has 0 radical (unpaired) electrons. The zero-order valence-corrected chi connectivity index (χ0v) is 23.9. The molecule has 0 atom stereocenters. The monoisotopic (exact) mass is 546 g/mol. The highest BCUT2D eigenvalue weighted by atomic mass is 16.5. The van der Waals surface area contributed by atoms with Crippen LogP contribution >= 0.6 is 0 Å². The molecule has 3 aromatic rings. The minimum atomic E-state index is -0.544. The highest BCUT2D eigenvalue weighted by Gasteiger charge is 2.16. The van der Waals surface area contributed by atoms with E-state index >= 15 is 0 Å². The second-order valence-electron chi connectivity index (χ2n) is 9.16. The van der Waals surface area contributed by atoms with Crippen molar-refractivity contribution in [1.82, 2.24) is 10.2 Å². The lowest BCUT2D eigenvalue weighted by molar-refractivity contribution is -0.137. The summed E-state index contributed by atoms with van der Waals surface area (Å²) in [5.74, 6) is 1.04. The number of methoxy groups -OCH3 is 2. The molecule has 0 aromatic heterocycles. The van der Waals surface area contributed by atoms with Gasteiger partial charge >= 0.3 is 5.97 Å². The first-order chi connectivity index (χ1) is 19.4. The van der Waals surface area contributed by atoms with Gasteiger partial charge in [0.2, 0.25) is 5.91 Å². The second-order valence-corrected chi connectivity index (χ2v) is 9.16. The van der Waals surface area contributed by atoms with Crippen LogP contribution in [0.5, 0.6) is 17.2 Å². The molecule has 212 valence electrons. The van der Waals surface area contributed by atoms with E-state index in [0.29, 0.717) is 43.5 Å². The van der Waals surface area contributed by atoms with Gasteiger partial charge < -0.3 is 29.2 Å². The fraction of sp³-hybridized carbons (Fsp3) is 0.312. The van der Waals surface area contributed by atoms with Crippen molar-refractivity contribution in [2.45, 2.75) is 27.0 Å². The molecule has 1 amide bonds. The molecule has 0 saturated heterocycles. The first-order valence-electron chi connectivity index (χ1n) is 13.2. The van der Waals surface area contributed by atoms with Crippen molar-refractivity contribution in [1.29, 1.82) is 0 Å². The molecule has 0 spiro atoms. The average molecular weight is 547 g/mol. The van der Waals surface area contributed by atoms with E-state index in [9.17, 15) is 9.59 Å². The molecule has 0 fully saturated rings. The second kappa shape index (κ2) is 15.3. The Morgan fingerprint density at radius 2 is 1.65 bits per heavy atom. The fourth-order valence-electron chi connectivity index (χ4n) is 4.24. The SMILES string of the molecule is CCOC(=O)/C=C/C(=O)NCCN(C)Cc1c(OC)cc(OCc2cccc(-c3ccccc3)c2C)cc1OC. The Balaban J connectivity index is 1.63. The Bertz CT molecular complexity index is 1280. The number of hydrogen-bond donors (Lipinski definition) is 1. The Kier molecular flexibility index (Phi) is 11.6. The Labute approximate surface area is 236 Å². The number of nitrogens with one attached hydrogen (secondary N) is 1. The summed E-state index contributed by atoms with van der Waals surface area (Å²) in [6, 6.07) is 20.3. The normalized spacial score (nSPS) is 10.9. The van der Waals surface area contributed by atoms with Crippen LogP contribution < -0.4 is 19.5 Å². The molecule has 40 heavy (non-hydrogen) atoms. The number of hydrogen-bond acceptors (Lipinski definition) is 7. The van der Waals surface area contributed by atoms with Crippen LogP contribution in [-0.2, 0) is 27.5 Å². The van der Waals surface area contributed by atoms with E-state index in [1.54, 1.807) is 21.1 Å². The quantitative estimate of drug-likeness (QED) is 0.227. The number of benzene rings is 3. The highest BCUT2D eigenvalue weighted by molar-refractivity contribution is 5.94. The van der Waals surface area contributed by atoms with E-state index in [-0.39, 0.29) is 12.5 Å². The third-order valence-electron chi connectivity index (χ3n) is 6.38. The van der Waals surface area contributed by atoms with Gasteiger partial charge in [0.1, 0.15) is 23.9 Å². The molecule has 0 heterocycles. The molecule has 3 rings (SSSR count). The van der Waals surface area contributed by atoms with Gasteiger partial charge in [-0.05, 0) is 43.1 Å². The number of esters is 1. The van der Waals surface area contributed by atoms with Gasteiger partial charge in [0.05, 0.1) is 26.4 Å². The number of rotatable bonds is 14. The van der Waals surface area contributed by atoms with Crippen molar-refractivity contribution in [2.75, 3.05) is 41.0 Å². The number of carbonyl (C=O) groups excluding carboxylic acids is 2. The topological polar surface area (TPSA) is 86.3 Å². The van der Waals surface area contributed by atoms with E-state index in [0.717, 1.165) is 17.2 Å². The van der Waals surface area contributed by atoms with Crippen LogP contribution in [-0.4, -0.2) is 57.7 Å². The summed E-state index contributed by atoms with van der Waals surface area (Å²) in [7, 11) is 5.17. The maximum absolute atomic E-state index is 11.9. The summed E-state index contributed by atoms with van der Waals surface area (Å²) in [4.78, 5) is 25.3. The zero-order chi connectivity index (χ0) is 28.9. The van der Waals surface area contributed by atoms with Gasteiger partial charge in [-0.15, -0.1) is 0 Å². The Hall–Kier alpha value is -4.30. The van der Waals surface area contributed by atoms with Crippen LogP contribution in [0.25, 0.3) is 11.1 Å². The van der Waals surface area contributed by atoms with E-state index < -0.39 is 5.97 Å². The molecule has 0 aliphatic heterocycles. The largest absolute Gasteiger partial charge is 0.496 e. The first-order valence-corrected chi connectivity index (χ1v) is 13.2. The summed E-state index contributed by atoms with van der Waals surface area (Å²) in [6.07, 6.45) is 2.28. The van der Waals surface area contributed by atoms with Crippen LogP contribution in [0.1, 0.15) is 23.6 Å². The van der Waals surface area contributed by atoms with Gasteiger partial charge in [-0.2, -0.15) is 0 Å². The van der Waals surface area contributed by atoms with Crippen molar-refractivity contribution in [3.63, 3.8) is 0 Å². The van der Waals surface area contributed by atoms with Gasteiger partial charge in [0.25, 0.3) is 0 Å². The molecule has 1 N–H and O–H groups in total. The van der Waals surface area contributed by atoms with Crippen LogP contribution in [0, 0.1) is 6.92 Å². The lowest BCUT2D eigenvalue weighted by atomic mass is 9.97. The van der Waals surface area contributed by atoms with Crippen LogP contribution in [0.3, 0.4) is 0 Å². The van der Waals surface area contributed by atoms with Gasteiger partial charge in [0.15, 0.2) is 0 Å². The molecule has 0 aliphatic rings. The van der Waals surface area contributed by atoms with Crippen LogP contribution in [0.2, 0.25) is 0 Å². The van der Waals surface area contributed by atoms with Crippen LogP contribution in [0.4, 0.5) is 0 Å². The van der Waals surface area contributed by atoms with Crippen molar-refractivity contribution in [2.24, 2.45) is 0 Å². The summed E-state index contributed by atoms with van der Waals surface area (Å²) in [5.41, 5.74) is 5.50. The molecule has 8 heteroatoms. The van der Waals surface area contributed by atoms with Crippen molar-refractivity contribution < 1.29 is 28.5 Å². The first kappa shape index (κ1) is 30.2.